The Morgan fingerprint density at radius 2 is 1.81 bits per heavy atom. The Labute approximate surface area is 249 Å². The van der Waals surface area contributed by atoms with Gasteiger partial charge in [-0.25, -0.2) is 0 Å². The number of carbonyl (C=O) groups is 1. The molecule has 1 aromatic carbocycles. The second kappa shape index (κ2) is 13.9. The molecule has 0 bridgehead atoms. The molecular weight excluding hydrogens is 591 g/mol. The quantitative estimate of drug-likeness (QED) is 0.227. The monoisotopic (exact) mass is 613 g/mol. The van der Waals surface area contributed by atoms with Crippen LogP contribution in [0.15, 0.2) is 66.0 Å². The Balaban J connectivity index is 0.000000216. The molecule has 3 aromatic heterocycles. The number of anilines is 1. The summed E-state index contributed by atoms with van der Waals surface area (Å²) in [6, 6.07) is 11.1. The number of nitrogens with zero attached hydrogens (tertiary/aromatic N) is 3. The number of H-pyrrole nitrogens is 1. The molecule has 0 unspecified atom stereocenters. The smallest absolute Gasteiger partial charge is 0.387 e. The normalized spacial score (nSPS) is 12.1. The van der Waals surface area contributed by atoms with Gasteiger partial charge in [0, 0.05) is 41.6 Å². The van der Waals surface area contributed by atoms with Gasteiger partial charge in [-0.1, -0.05) is 23.2 Å². The number of carbonyl (C=O) groups excluding carboxylic acids is 1. The maximum atomic E-state index is 12.6. The Morgan fingerprint density at radius 1 is 1.12 bits per heavy atom. The fourth-order valence-corrected chi connectivity index (χ4v) is 4.16. The third-order valence-electron chi connectivity index (χ3n) is 6.04. The number of rotatable bonds is 8. The number of alkyl halides is 2. The number of benzene rings is 1. The first-order valence-corrected chi connectivity index (χ1v) is 13.3. The zero-order chi connectivity index (χ0) is 30.2. The maximum absolute atomic E-state index is 12.6. The van der Waals surface area contributed by atoms with Crippen LogP contribution in [0.1, 0.15) is 34.5 Å². The maximum Gasteiger partial charge on any atom is 0.387 e. The predicted molar refractivity (Wildman–Crippen MR) is 153 cm³/mol. The minimum Gasteiger partial charge on any atom is -0.489 e. The summed E-state index contributed by atoms with van der Waals surface area (Å²) in [5.74, 6) is -0.171. The van der Waals surface area contributed by atoms with Crippen molar-refractivity contribution in [3.8, 4) is 28.7 Å². The molecule has 5 rings (SSSR count). The van der Waals surface area contributed by atoms with E-state index in [1.54, 1.807) is 25.4 Å². The van der Waals surface area contributed by atoms with Crippen LogP contribution in [0.5, 0.6) is 11.5 Å². The number of aromatic nitrogens is 3. The van der Waals surface area contributed by atoms with E-state index in [-0.39, 0.29) is 43.9 Å². The van der Waals surface area contributed by atoms with E-state index in [0.29, 0.717) is 12.5 Å². The van der Waals surface area contributed by atoms with E-state index >= 15 is 0 Å². The van der Waals surface area contributed by atoms with Crippen LogP contribution in [0.4, 0.5) is 14.5 Å². The highest BCUT2D eigenvalue weighted by Crippen LogP contribution is 2.35. The number of hydrogen-bond acceptors (Lipinski definition) is 7. The average molecular weight is 614 g/mol. The summed E-state index contributed by atoms with van der Waals surface area (Å²) in [6.45, 7) is -0.808. The molecule has 0 aliphatic heterocycles. The lowest BCUT2D eigenvalue weighted by Crippen LogP contribution is -2.14. The van der Waals surface area contributed by atoms with E-state index < -0.39 is 12.5 Å². The van der Waals surface area contributed by atoms with Crippen molar-refractivity contribution >= 4 is 34.8 Å². The Morgan fingerprint density at radius 3 is 2.43 bits per heavy atom. The fraction of sp³-hybridized carbons (Fsp3) is 0.207. The molecule has 13 heteroatoms. The molecule has 216 valence electrons. The van der Waals surface area contributed by atoms with Gasteiger partial charge >= 0.3 is 6.61 Å². The van der Waals surface area contributed by atoms with Gasteiger partial charge in [0.1, 0.15) is 11.6 Å². The van der Waals surface area contributed by atoms with Gasteiger partial charge in [-0.15, -0.1) is 0 Å². The predicted octanol–water partition coefficient (Wildman–Crippen LogP) is 6.65. The first kappa shape index (κ1) is 30.4. The van der Waals surface area contributed by atoms with Gasteiger partial charge in [0.05, 0.1) is 22.3 Å². The first-order valence-electron chi connectivity index (χ1n) is 12.5. The van der Waals surface area contributed by atoms with E-state index in [1.807, 2.05) is 18.2 Å². The van der Waals surface area contributed by atoms with Crippen LogP contribution < -0.4 is 20.3 Å². The summed E-state index contributed by atoms with van der Waals surface area (Å²) in [6.07, 6.45) is 8.09. The molecule has 0 saturated heterocycles. The summed E-state index contributed by atoms with van der Waals surface area (Å²) in [5.41, 5.74) is 2.69. The average Bonchev–Trinajstić information content (AvgIpc) is 3.80. The van der Waals surface area contributed by atoms with Gasteiger partial charge in [0.2, 0.25) is 0 Å². The number of hydrogen-bond donors (Lipinski definition) is 2. The fourth-order valence-electron chi connectivity index (χ4n) is 3.70. The SMILES string of the molecule is Cc1[nH]c(=O)c(C#N)cc1-c1ccncc1.O=C(Nc1c(Cl)cncc1Cl)c1ccc(OC(F)F)c(OCC2CC2)c1. The second-order valence-electron chi connectivity index (χ2n) is 9.13. The van der Waals surface area contributed by atoms with Gasteiger partial charge in [-0.3, -0.25) is 19.6 Å². The van der Waals surface area contributed by atoms with Gasteiger partial charge in [0.25, 0.3) is 11.5 Å². The number of pyridine rings is 3. The van der Waals surface area contributed by atoms with Crippen molar-refractivity contribution in [2.45, 2.75) is 26.4 Å². The van der Waals surface area contributed by atoms with Crippen molar-refractivity contribution < 1.29 is 23.0 Å². The highest BCUT2D eigenvalue weighted by molar-refractivity contribution is 6.39. The molecule has 1 amide bonds. The van der Waals surface area contributed by atoms with Crippen LogP contribution in [0.3, 0.4) is 0 Å². The highest BCUT2D eigenvalue weighted by Gasteiger charge is 2.24. The van der Waals surface area contributed by atoms with Crippen LogP contribution >= 0.6 is 23.2 Å². The molecule has 0 atom stereocenters. The Kier molecular flexibility index (Phi) is 10.1. The van der Waals surface area contributed by atoms with Gasteiger partial charge in [-0.05, 0) is 67.6 Å². The van der Waals surface area contributed by atoms with Gasteiger partial charge < -0.3 is 19.8 Å². The molecular formula is C29H23Cl2F2N5O4. The summed E-state index contributed by atoms with van der Waals surface area (Å²) in [7, 11) is 0. The van der Waals surface area contributed by atoms with Crippen LogP contribution in [0.25, 0.3) is 11.1 Å². The van der Waals surface area contributed by atoms with Crippen LogP contribution in [0.2, 0.25) is 10.0 Å². The van der Waals surface area contributed by atoms with E-state index in [9.17, 15) is 18.4 Å². The number of ether oxygens (including phenoxy) is 2. The van der Waals surface area contributed by atoms with Crippen molar-refractivity contribution in [2.24, 2.45) is 5.92 Å². The molecule has 4 aromatic rings. The molecule has 9 nitrogen and oxygen atoms in total. The van der Waals surface area contributed by atoms with Crippen molar-refractivity contribution in [1.29, 1.82) is 5.26 Å². The number of amides is 1. The second-order valence-corrected chi connectivity index (χ2v) is 9.94. The standard InChI is InChI=1S/C17H14Cl2F2N2O3.C12H9N3O/c18-11-6-22-7-12(19)15(11)23-16(24)10-3-4-13(26-17(20)21)14(5-10)25-8-9-1-2-9;1-8-11(9-2-4-14-5-3-9)6-10(7-13)12(16)15-8/h3-7,9,17H,1-2,8H2,(H,22,23,24);2-6H,1H3,(H,15,16). The van der Waals surface area contributed by atoms with Crippen LogP contribution in [-0.4, -0.2) is 34.1 Å². The third kappa shape index (κ3) is 8.02. The van der Waals surface area contributed by atoms with E-state index in [2.05, 4.69) is 25.0 Å². The number of halogens is 4. The van der Waals surface area contributed by atoms with Gasteiger partial charge in [0.15, 0.2) is 11.5 Å². The van der Waals surface area contributed by atoms with Crippen molar-refractivity contribution in [3.05, 3.63) is 98.4 Å². The van der Waals surface area contributed by atoms with E-state index in [1.165, 1.54) is 30.6 Å². The number of nitrogens with one attached hydrogen (secondary N) is 2. The molecule has 1 aliphatic carbocycles. The van der Waals surface area contributed by atoms with Crippen LogP contribution in [-0.2, 0) is 0 Å². The lowest BCUT2D eigenvalue weighted by molar-refractivity contribution is -0.0515. The molecule has 1 saturated carbocycles. The number of aryl methyl sites for hydroxylation is 1. The molecule has 42 heavy (non-hydrogen) atoms. The van der Waals surface area contributed by atoms with Crippen LogP contribution in [0, 0.1) is 24.2 Å². The van der Waals surface area contributed by atoms with Crippen molar-refractivity contribution in [3.63, 3.8) is 0 Å². The largest absolute Gasteiger partial charge is 0.489 e. The summed E-state index contributed by atoms with van der Waals surface area (Å²) in [5, 5.41) is 11.7. The Bertz CT molecular complexity index is 1660. The molecule has 2 N–H and O–H groups in total. The lowest BCUT2D eigenvalue weighted by atomic mass is 10.0. The zero-order valence-electron chi connectivity index (χ0n) is 22.0. The minimum atomic E-state index is -2.99. The molecule has 0 spiro atoms. The minimum absolute atomic E-state index is 0.0803. The Hall–Kier alpha value is -4.53. The summed E-state index contributed by atoms with van der Waals surface area (Å²) >= 11 is 12.0. The highest BCUT2D eigenvalue weighted by atomic mass is 35.5. The summed E-state index contributed by atoms with van der Waals surface area (Å²) in [4.78, 5) is 34.2. The third-order valence-corrected chi connectivity index (χ3v) is 6.61. The number of aromatic amines is 1. The van der Waals surface area contributed by atoms with Gasteiger partial charge in [-0.2, -0.15) is 14.0 Å². The zero-order valence-corrected chi connectivity index (χ0v) is 23.5. The number of nitriles is 1. The molecule has 3 heterocycles. The van der Waals surface area contributed by atoms with E-state index in [0.717, 1.165) is 29.7 Å². The lowest BCUT2D eigenvalue weighted by Gasteiger charge is -2.14. The topological polar surface area (TPSA) is 130 Å². The summed E-state index contributed by atoms with van der Waals surface area (Å²) < 4.78 is 35.1. The van der Waals surface area contributed by atoms with E-state index in [4.69, 9.17) is 33.2 Å². The van der Waals surface area contributed by atoms with Crippen molar-refractivity contribution in [2.75, 3.05) is 11.9 Å². The molecule has 1 fully saturated rings. The van der Waals surface area contributed by atoms with Crippen molar-refractivity contribution in [1.82, 2.24) is 15.0 Å². The molecule has 1 aliphatic rings. The first-order chi connectivity index (χ1) is 20.2. The molecule has 0 radical (unpaired) electrons.